The van der Waals surface area contributed by atoms with Gasteiger partial charge in [0, 0.05) is 18.6 Å². The second kappa shape index (κ2) is 5.10. The van der Waals surface area contributed by atoms with Gasteiger partial charge in [-0.25, -0.2) is 5.06 Å². The molecule has 0 aliphatic heterocycles. The van der Waals surface area contributed by atoms with Crippen LogP contribution in [-0.2, 0) is 4.84 Å². The van der Waals surface area contributed by atoms with Crippen LogP contribution >= 0.6 is 23.2 Å². The number of pyridine rings is 1. The third-order valence-electron chi connectivity index (χ3n) is 2.54. The Morgan fingerprint density at radius 3 is 2.78 bits per heavy atom. The predicted molar refractivity (Wildman–Crippen MR) is 70.9 cm³/mol. The number of carbonyl (C=O) groups excluding carboxylic acids is 1. The van der Waals surface area contributed by atoms with Crippen LogP contribution in [0.15, 0.2) is 24.4 Å². The molecule has 1 heterocycles. The van der Waals surface area contributed by atoms with Crippen molar-refractivity contribution in [3.8, 4) is 0 Å². The van der Waals surface area contributed by atoms with Gasteiger partial charge in [0.25, 0.3) is 5.91 Å². The van der Waals surface area contributed by atoms with Crippen LogP contribution in [-0.4, -0.2) is 30.1 Å². The second-order valence-electron chi connectivity index (χ2n) is 3.63. The molecule has 0 fully saturated rings. The Kier molecular flexibility index (Phi) is 3.71. The lowest BCUT2D eigenvalue weighted by atomic mass is 10.1. The van der Waals surface area contributed by atoms with Crippen molar-refractivity contribution in [2.45, 2.75) is 0 Å². The average Bonchev–Trinajstić information content (AvgIpc) is 2.37. The van der Waals surface area contributed by atoms with Crippen LogP contribution in [0.2, 0.25) is 10.0 Å². The average molecular weight is 285 g/mol. The normalized spacial score (nSPS) is 10.7. The largest absolute Gasteiger partial charge is 0.280 e. The molecule has 0 spiro atoms. The van der Waals surface area contributed by atoms with Crippen LogP contribution in [0.4, 0.5) is 0 Å². The molecular weight excluding hydrogens is 275 g/mol. The smallest absolute Gasteiger partial charge is 0.274 e. The number of carbonyl (C=O) groups is 1. The fourth-order valence-corrected chi connectivity index (χ4v) is 1.99. The zero-order valence-corrected chi connectivity index (χ0v) is 11.3. The number of amides is 1. The van der Waals surface area contributed by atoms with Crippen molar-refractivity contribution in [2.75, 3.05) is 14.2 Å². The van der Waals surface area contributed by atoms with Gasteiger partial charge in [-0.3, -0.25) is 14.6 Å². The van der Waals surface area contributed by atoms with Crippen molar-refractivity contribution in [1.82, 2.24) is 10.0 Å². The van der Waals surface area contributed by atoms with E-state index in [0.717, 1.165) is 10.4 Å². The number of rotatable bonds is 2. The Balaban J connectivity index is 2.68. The number of hydrogen-bond acceptors (Lipinski definition) is 3. The van der Waals surface area contributed by atoms with Crippen LogP contribution in [0.3, 0.4) is 0 Å². The van der Waals surface area contributed by atoms with Crippen LogP contribution in [0.1, 0.15) is 10.4 Å². The maximum atomic E-state index is 12.1. The molecule has 18 heavy (non-hydrogen) atoms. The van der Waals surface area contributed by atoms with Gasteiger partial charge >= 0.3 is 0 Å². The summed E-state index contributed by atoms with van der Waals surface area (Å²) in [5.74, 6) is -0.358. The Morgan fingerprint density at radius 1 is 1.39 bits per heavy atom. The van der Waals surface area contributed by atoms with Crippen LogP contribution in [0.5, 0.6) is 0 Å². The lowest BCUT2D eigenvalue weighted by Crippen LogP contribution is -2.26. The van der Waals surface area contributed by atoms with Gasteiger partial charge in [-0.2, -0.15) is 0 Å². The first-order valence-electron chi connectivity index (χ1n) is 5.10. The highest BCUT2D eigenvalue weighted by Crippen LogP contribution is 2.27. The molecule has 0 unspecified atom stereocenters. The standard InChI is InChI=1S/C12H10Cl2N2O2/c1-16(18-2)12(17)10-9(14)4-3-7-5-8(13)6-15-11(7)10/h3-6H,1-2H3. The van der Waals surface area contributed by atoms with Gasteiger partial charge < -0.3 is 0 Å². The van der Waals surface area contributed by atoms with Crippen molar-refractivity contribution in [3.05, 3.63) is 40.0 Å². The van der Waals surface area contributed by atoms with Crippen LogP contribution in [0, 0.1) is 0 Å². The van der Waals surface area contributed by atoms with E-state index in [-0.39, 0.29) is 5.91 Å². The molecule has 2 aromatic rings. The molecule has 0 bridgehead atoms. The topological polar surface area (TPSA) is 42.4 Å². The first-order valence-corrected chi connectivity index (χ1v) is 5.86. The van der Waals surface area contributed by atoms with Gasteiger partial charge in [-0.15, -0.1) is 0 Å². The summed E-state index contributed by atoms with van der Waals surface area (Å²) < 4.78 is 0. The molecule has 4 nitrogen and oxygen atoms in total. The van der Waals surface area contributed by atoms with E-state index >= 15 is 0 Å². The minimum atomic E-state index is -0.358. The monoisotopic (exact) mass is 284 g/mol. The lowest BCUT2D eigenvalue weighted by Gasteiger charge is -2.15. The molecule has 0 aliphatic rings. The first kappa shape index (κ1) is 13.1. The zero-order chi connectivity index (χ0) is 13.3. The summed E-state index contributed by atoms with van der Waals surface area (Å²) in [6.45, 7) is 0. The van der Waals surface area contributed by atoms with Gasteiger partial charge in [0.2, 0.25) is 0 Å². The quantitative estimate of drug-likeness (QED) is 0.796. The molecule has 1 aromatic carbocycles. The maximum Gasteiger partial charge on any atom is 0.280 e. The maximum absolute atomic E-state index is 12.1. The van der Waals surface area contributed by atoms with E-state index in [1.54, 1.807) is 18.2 Å². The van der Waals surface area contributed by atoms with E-state index in [0.29, 0.717) is 21.1 Å². The SMILES string of the molecule is CON(C)C(=O)c1c(Cl)ccc2cc(Cl)cnc12. The van der Waals surface area contributed by atoms with Crippen LogP contribution < -0.4 is 0 Å². The summed E-state index contributed by atoms with van der Waals surface area (Å²) in [4.78, 5) is 21.2. The summed E-state index contributed by atoms with van der Waals surface area (Å²) in [6, 6.07) is 5.13. The summed E-state index contributed by atoms with van der Waals surface area (Å²) in [7, 11) is 2.91. The Hall–Kier alpha value is -1.36. The van der Waals surface area contributed by atoms with Crippen molar-refractivity contribution in [2.24, 2.45) is 0 Å². The van der Waals surface area contributed by atoms with Gasteiger partial charge in [0.1, 0.15) is 0 Å². The second-order valence-corrected chi connectivity index (χ2v) is 4.48. The van der Waals surface area contributed by atoms with Gasteiger partial charge in [-0.05, 0) is 12.1 Å². The zero-order valence-electron chi connectivity index (χ0n) is 9.78. The van der Waals surface area contributed by atoms with Crippen molar-refractivity contribution in [1.29, 1.82) is 0 Å². The Bertz CT molecular complexity index is 616. The van der Waals surface area contributed by atoms with E-state index in [4.69, 9.17) is 28.0 Å². The van der Waals surface area contributed by atoms with Crippen molar-refractivity contribution < 1.29 is 9.63 Å². The highest BCUT2D eigenvalue weighted by molar-refractivity contribution is 6.35. The summed E-state index contributed by atoms with van der Waals surface area (Å²) in [5, 5.41) is 2.67. The molecule has 6 heteroatoms. The van der Waals surface area contributed by atoms with E-state index in [1.807, 2.05) is 0 Å². The summed E-state index contributed by atoms with van der Waals surface area (Å²) in [6.07, 6.45) is 1.48. The molecule has 0 aliphatic carbocycles. The third-order valence-corrected chi connectivity index (χ3v) is 3.06. The molecule has 2 rings (SSSR count). The Morgan fingerprint density at radius 2 is 2.11 bits per heavy atom. The molecule has 0 atom stereocenters. The molecular formula is C12H10Cl2N2O2. The van der Waals surface area contributed by atoms with E-state index in [2.05, 4.69) is 4.98 Å². The minimum Gasteiger partial charge on any atom is -0.274 e. The van der Waals surface area contributed by atoms with E-state index in [9.17, 15) is 4.79 Å². The van der Waals surface area contributed by atoms with E-state index in [1.165, 1.54) is 20.4 Å². The number of nitrogens with zero attached hydrogens (tertiary/aromatic N) is 2. The summed E-state index contributed by atoms with van der Waals surface area (Å²) >= 11 is 11.9. The number of hydrogen-bond donors (Lipinski definition) is 0. The predicted octanol–water partition coefficient (Wildman–Crippen LogP) is 3.18. The van der Waals surface area contributed by atoms with E-state index < -0.39 is 0 Å². The molecule has 0 saturated carbocycles. The van der Waals surface area contributed by atoms with Crippen LogP contribution in [0.25, 0.3) is 10.9 Å². The minimum absolute atomic E-state index is 0.301. The van der Waals surface area contributed by atoms with Gasteiger partial charge in [0.15, 0.2) is 0 Å². The van der Waals surface area contributed by atoms with Gasteiger partial charge in [0.05, 0.1) is 28.2 Å². The lowest BCUT2D eigenvalue weighted by molar-refractivity contribution is -0.0755. The number of hydroxylamine groups is 2. The number of halogens is 2. The molecule has 0 N–H and O–H groups in total. The number of fused-ring (bicyclic) bond motifs is 1. The molecule has 0 saturated heterocycles. The first-order chi connectivity index (χ1) is 8.54. The molecule has 94 valence electrons. The van der Waals surface area contributed by atoms with Crippen molar-refractivity contribution >= 4 is 40.0 Å². The van der Waals surface area contributed by atoms with Gasteiger partial charge in [-0.1, -0.05) is 29.3 Å². The highest BCUT2D eigenvalue weighted by Gasteiger charge is 2.19. The Labute approximate surface area is 114 Å². The molecule has 0 radical (unpaired) electrons. The van der Waals surface area contributed by atoms with Crippen molar-refractivity contribution in [3.63, 3.8) is 0 Å². The number of aromatic nitrogens is 1. The summed E-state index contributed by atoms with van der Waals surface area (Å²) in [5.41, 5.74) is 0.802. The highest BCUT2D eigenvalue weighted by atomic mass is 35.5. The fraction of sp³-hybridized carbons (Fsp3) is 0.167. The third kappa shape index (κ3) is 2.27. The molecule has 1 aromatic heterocycles. The number of benzene rings is 1. The fourth-order valence-electron chi connectivity index (χ4n) is 1.59. The molecule has 1 amide bonds.